The molecule has 0 saturated heterocycles. The Morgan fingerprint density at radius 3 is 2.74 bits per heavy atom. The molecule has 2 heterocycles. The van der Waals surface area contributed by atoms with Crippen LogP contribution in [-0.4, -0.2) is 42.7 Å². The molecule has 0 radical (unpaired) electrons. The third-order valence-corrected chi connectivity index (χ3v) is 5.14. The molecule has 144 valence electrons. The fourth-order valence-electron chi connectivity index (χ4n) is 3.16. The first-order chi connectivity index (χ1) is 12.9. The normalized spacial score (nSPS) is 16.6. The second kappa shape index (κ2) is 8.17. The molecule has 1 aliphatic rings. The topological polar surface area (TPSA) is 60.9 Å². The number of hydrogen-bond acceptors (Lipinski definition) is 5. The molecule has 1 aromatic carbocycles. The summed E-state index contributed by atoms with van der Waals surface area (Å²) in [5.74, 6) is 1.88. The third-order valence-electron chi connectivity index (χ3n) is 4.70. The van der Waals surface area contributed by atoms with Crippen molar-refractivity contribution >= 4 is 21.8 Å². The van der Waals surface area contributed by atoms with Crippen molar-refractivity contribution in [3.63, 3.8) is 0 Å². The molecule has 27 heavy (non-hydrogen) atoms. The maximum absolute atomic E-state index is 13.4. The van der Waals surface area contributed by atoms with Gasteiger partial charge in [-0.1, -0.05) is 13.8 Å². The SMILES string of the molecule is COc1ccc(CN2C(=O)c3cc(Br)cnc3OC[C@@H]2C(C)C)c(OC)c1. The predicted molar refractivity (Wildman–Crippen MR) is 105 cm³/mol. The van der Waals surface area contributed by atoms with Crippen molar-refractivity contribution in [1.82, 2.24) is 9.88 Å². The second-order valence-electron chi connectivity index (χ2n) is 6.74. The number of halogens is 1. The number of benzene rings is 1. The first-order valence-electron chi connectivity index (χ1n) is 8.74. The molecule has 7 heteroatoms. The van der Waals surface area contributed by atoms with Crippen LogP contribution in [0.15, 0.2) is 34.9 Å². The molecule has 0 saturated carbocycles. The number of amides is 1. The molecule has 1 aromatic heterocycles. The molecule has 0 bridgehead atoms. The van der Waals surface area contributed by atoms with E-state index in [4.69, 9.17) is 14.2 Å². The Hall–Kier alpha value is -2.28. The number of nitrogens with zero attached hydrogens (tertiary/aromatic N) is 2. The minimum atomic E-state index is -0.104. The second-order valence-corrected chi connectivity index (χ2v) is 7.66. The molecule has 2 aromatic rings. The van der Waals surface area contributed by atoms with Crippen molar-refractivity contribution in [3.8, 4) is 17.4 Å². The van der Waals surface area contributed by atoms with Gasteiger partial charge in [-0.3, -0.25) is 4.79 Å². The van der Waals surface area contributed by atoms with Crippen molar-refractivity contribution in [2.24, 2.45) is 5.92 Å². The molecular weight excluding hydrogens is 412 g/mol. The monoisotopic (exact) mass is 434 g/mol. The fraction of sp³-hybridized carbons (Fsp3) is 0.400. The summed E-state index contributed by atoms with van der Waals surface area (Å²) >= 11 is 3.39. The van der Waals surface area contributed by atoms with Crippen LogP contribution in [0.1, 0.15) is 29.8 Å². The van der Waals surface area contributed by atoms with E-state index < -0.39 is 0 Å². The van der Waals surface area contributed by atoms with E-state index >= 15 is 0 Å². The first-order valence-corrected chi connectivity index (χ1v) is 9.54. The number of methoxy groups -OCH3 is 2. The van der Waals surface area contributed by atoms with E-state index in [0.29, 0.717) is 36.1 Å². The van der Waals surface area contributed by atoms with E-state index in [2.05, 4.69) is 34.8 Å². The van der Waals surface area contributed by atoms with Crippen molar-refractivity contribution in [3.05, 3.63) is 46.1 Å². The minimum Gasteiger partial charge on any atom is -0.497 e. The van der Waals surface area contributed by atoms with Crippen molar-refractivity contribution in [2.45, 2.75) is 26.4 Å². The Morgan fingerprint density at radius 1 is 1.30 bits per heavy atom. The molecule has 6 nitrogen and oxygen atoms in total. The van der Waals surface area contributed by atoms with Crippen LogP contribution in [0.5, 0.6) is 17.4 Å². The van der Waals surface area contributed by atoms with Gasteiger partial charge in [0.05, 0.1) is 26.8 Å². The maximum atomic E-state index is 13.4. The summed E-state index contributed by atoms with van der Waals surface area (Å²) in [6.45, 7) is 4.96. The van der Waals surface area contributed by atoms with Gasteiger partial charge in [-0.15, -0.1) is 0 Å². The highest BCUT2D eigenvalue weighted by atomic mass is 79.9. The molecule has 1 aliphatic heterocycles. The summed E-state index contributed by atoms with van der Waals surface area (Å²) in [4.78, 5) is 19.5. The summed E-state index contributed by atoms with van der Waals surface area (Å²) in [6.07, 6.45) is 1.64. The Balaban J connectivity index is 2.01. The zero-order valence-corrected chi connectivity index (χ0v) is 17.4. The number of pyridine rings is 1. The quantitative estimate of drug-likeness (QED) is 0.713. The van der Waals surface area contributed by atoms with Crippen molar-refractivity contribution in [1.29, 1.82) is 0 Å². The fourth-order valence-corrected chi connectivity index (χ4v) is 3.49. The van der Waals surface area contributed by atoms with E-state index in [1.807, 2.05) is 23.1 Å². The summed E-state index contributed by atoms with van der Waals surface area (Å²) in [6, 6.07) is 7.29. The summed E-state index contributed by atoms with van der Waals surface area (Å²) < 4.78 is 17.4. The van der Waals surface area contributed by atoms with Gasteiger partial charge in [-0.2, -0.15) is 0 Å². The summed E-state index contributed by atoms with van der Waals surface area (Å²) in [5.41, 5.74) is 1.36. The van der Waals surface area contributed by atoms with Crippen LogP contribution >= 0.6 is 15.9 Å². The van der Waals surface area contributed by atoms with Crippen molar-refractivity contribution < 1.29 is 19.0 Å². The van der Waals surface area contributed by atoms with Crippen LogP contribution in [0.4, 0.5) is 0 Å². The Kier molecular flexibility index (Phi) is 5.89. The first kappa shape index (κ1) is 19.5. The number of fused-ring (bicyclic) bond motifs is 1. The molecule has 0 N–H and O–H groups in total. The lowest BCUT2D eigenvalue weighted by molar-refractivity contribution is 0.0559. The summed E-state index contributed by atoms with van der Waals surface area (Å²) in [5, 5.41) is 0. The zero-order valence-electron chi connectivity index (χ0n) is 15.9. The third kappa shape index (κ3) is 4.03. The highest BCUT2D eigenvalue weighted by Crippen LogP contribution is 2.31. The van der Waals surface area contributed by atoms with Gasteiger partial charge in [0.2, 0.25) is 5.88 Å². The lowest BCUT2D eigenvalue weighted by Gasteiger charge is -2.32. The van der Waals surface area contributed by atoms with Crippen LogP contribution in [0.3, 0.4) is 0 Å². The molecule has 1 atom stereocenters. The van der Waals surface area contributed by atoms with Crippen LogP contribution in [0, 0.1) is 5.92 Å². The largest absolute Gasteiger partial charge is 0.497 e. The molecule has 0 aliphatic carbocycles. The molecular formula is C20H23BrN2O4. The van der Waals surface area contributed by atoms with Crippen LogP contribution in [-0.2, 0) is 6.54 Å². The number of ether oxygens (including phenoxy) is 3. The van der Waals surface area contributed by atoms with Gasteiger partial charge in [0.15, 0.2) is 0 Å². The highest BCUT2D eigenvalue weighted by molar-refractivity contribution is 9.10. The molecule has 0 unspecified atom stereocenters. The van der Waals surface area contributed by atoms with Crippen molar-refractivity contribution in [2.75, 3.05) is 20.8 Å². The molecule has 1 amide bonds. The standard InChI is InChI=1S/C20H23BrN2O4/c1-12(2)17-11-27-19-16(7-14(21)9-22-19)20(24)23(17)10-13-5-6-15(25-3)8-18(13)26-4/h5-9,12,17H,10-11H2,1-4H3/t17-/m1/s1. The zero-order chi connectivity index (χ0) is 19.6. The van der Waals surface area contributed by atoms with Gasteiger partial charge >= 0.3 is 0 Å². The minimum absolute atomic E-state index is 0.0858. The molecule has 0 spiro atoms. The summed E-state index contributed by atoms with van der Waals surface area (Å²) in [7, 11) is 3.22. The van der Waals surface area contributed by atoms with E-state index in [0.717, 1.165) is 10.0 Å². The molecule has 0 fully saturated rings. The Bertz CT molecular complexity index is 841. The van der Waals surface area contributed by atoms with Gasteiger partial charge in [0.1, 0.15) is 23.7 Å². The number of carbonyl (C=O) groups is 1. The average Bonchev–Trinajstić information content (AvgIpc) is 2.79. The van der Waals surface area contributed by atoms with Crippen LogP contribution in [0.2, 0.25) is 0 Å². The molecule has 3 rings (SSSR count). The van der Waals surface area contributed by atoms with Crippen LogP contribution in [0.25, 0.3) is 0 Å². The van der Waals surface area contributed by atoms with E-state index in [-0.39, 0.29) is 17.9 Å². The number of carbonyl (C=O) groups excluding carboxylic acids is 1. The van der Waals surface area contributed by atoms with Crippen LogP contribution < -0.4 is 14.2 Å². The van der Waals surface area contributed by atoms with Gasteiger partial charge in [-0.25, -0.2) is 4.98 Å². The maximum Gasteiger partial charge on any atom is 0.260 e. The van der Waals surface area contributed by atoms with Gasteiger partial charge in [0, 0.05) is 22.3 Å². The number of aromatic nitrogens is 1. The van der Waals surface area contributed by atoms with E-state index in [1.54, 1.807) is 26.5 Å². The lowest BCUT2D eigenvalue weighted by atomic mass is 10.0. The van der Waals surface area contributed by atoms with Gasteiger partial charge in [0.25, 0.3) is 5.91 Å². The Labute approximate surface area is 167 Å². The van der Waals surface area contributed by atoms with E-state index in [9.17, 15) is 4.79 Å². The number of hydrogen-bond donors (Lipinski definition) is 0. The Morgan fingerprint density at radius 2 is 2.07 bits per heavy atom. The lowest BCUT2D eigenvalue weighted by Crippen LogP contribution is -2.44. The highest BCUT2D eigenvalue weighted by Gasteiger charge is 2.34. The van der Waals surface area contributed by atoms with Gasteiger partial charge < -0.3 is 19.1 Å². The number of rotatable bonds is 5. The smallest absolute Gasteiger partial charge is 0.260 e. The predicted octanol–water partition coefficient (Wildman–Crippen LogP) is 3.92. The van der Waals surface area contributed by atoms with Gasteiger partial charge in [-0.05, 0) is 40.0 Å². The average molecular weight is 435 g/mol. The van der Waals surface area contributed by atoms with E-state index in [1.165, 1.54) is 0 Å².